The summed E-state index contributed by atoms with van der Waals surface area (Å²) in [6, 6.07) is 1.80. The van der Waals surface area contributed by atoms with Crippen LogP contribution in [0.2, 0.25) is 0 Å². The summed E-state index contributed by atoms with van der Waals surface area (Å²) in [5, 5.41) is 1.92. The quantitative estimate of drug-likeness (QED) is 0.880. The lowest BCUT2D eigenvalue weighted by molar-refractivity contribution is 0.100. The number of nitrogens with zero attached hydrogens (tertiary/aromatic N) is 2. The molecule has 0 atom stereocenters. The van der Waals surface area contributed by atoms with Crippen LogP contribution < -0.4 is 5.73 Å². The number of primary amides is 1. The second-order valence-corrected chi connectivity index (χ2v) is 4.41. The largest absolute Gasteiger partial charge is 0.365 e. The Hall–Kier alpha value is -1.62. The Bertz CT molecular complexity index is 501. The molecule has 5 heteroatoms. The van der Waals surface area contributed by atoms with Crippen molar-refractivity contribution < 1.29 is 4.79 Å². The van der Waals surface area contributed by atoms with Gasteiger partial charge in [0.15, 0.2) is 0 Å². The van der Waals surface area contributed by atoms with Crippen LogP contribution in [0.4, 0.5) is 0 Å². The molecule has 1 amide bonds. The molecule has 4 nitrogen and oxygen atoms in total. The van der Waals surface area contributed by atoms with Gasteiger partial charge in [-0.1, -0.05) is 6.92 Å². The maximum absolute atomic E-state index is 11.0. The molecule has 0 fully saturated rings. The normalized spacial score (nSPS) is 10.6. The summed E-state index contributed by atoms with van der Waals surface area (Å²) in [6.07, 6.45) is 5.64. The average Bonchev–Trinajstić information content (AvgIpc) is 2.84. The van der Waals surface area contributed by atoms with Gasteiger partial charge in [-0.25, -0.2) is 4.98 Å². The highest BCUT2D eigenvalue weighted by atomic mass is 32.1. The summed E-state index contributed by atoms with van der Waals surface area (Å²) in [7, 11) is 0. The summed E-state index contributed by atoms with van der Waals surface area (Å²) in [6.45, 7) is 2.11. The first-order chi connectivity index (χ1) is 7.72. The van der Waals surface area contributed by atoms with Gasteiger partial charge < -0.3 is 10.3 Å². The van der Waals surface area contributed by atoms with Gasteiger partial charge in [-0.15, -0.1) is 11.3 Å². The second-order valence-electron chi connectivity index (χ2n) is 3.50. The molecule has 0 aliphatic rings. The molecule has 0 saturated heterocycles. The first kappa shape index (κ1) is 10.9. The number of imidazole rings is 1. The van der Waals surface area contributed by atoms with E-state index >= 15 is 0 Å². The van der Waals surface area contributed by atoms with Crippen molar-refractivity contribution in [1.29, 1.82) is 0 Å². The van der Waals surface area contributed by atoms with Crippen LogP contribution >= 0.6 is 11.3 Å². The number of carbonyl (C=O) groups excluding carboxylic acids is 1. The Morgan fingerprint density at radius 1 is 1.62 bits per heavy atom. The van der Waals surface area contributed by atoms with Gasteiger partial charge in [-0.3, -0.25) is 4.79 Å². The third-order valence-electron chi connectivity index (χ3n) is 2.30. The maximum Gasteiger partial charge on any atom is 0.258 e. The molecule has 0 aliphatic heterocycles. The lowest BCUT2D eigenvalue weighted by Gasteiger charge is -2.03. The summed E-state index contributed by atoms with van der Waals surface area (Å²) in [5.41, 5.74) is 6.18. The van der Waals surface area contributed by atoms with E-state index < -0.39 is 0 Å². The lowest BCUT2D eigenvalue weighted by atomic mass is 10.3. The number of rotatable bonds is 4. The molecule has 0 unspecified atom stereocenters. The molecule has 2 aromatic heterocycles. The number of aromatic nitrogens is 2. The third kappa shape index (κ3) is 1.99. The molecule has 16 heavy (non-hydrogen) atoms. The van der Waals surface area contributed by atoms with Gasteiger partial charge in [0.2, 0.25) is 0 Å². The van der Waals surface area contributed by atoms with Crippen molar-refractivity contribution in [3.05, 3.63) is 34.5 Å². The second kappa shape index (κ2) is 4.49. The van der Waals surface area contributed by atoms with E-state index in [-0.39, 0.29) is 5.91 Å². The summed E-state index contributed by atoms with van der Waals surface area (Å²) < 4.78 is 1.99. The van der Waals surface area contributed by atoms with Crippen LogP contribution in [0.3, 0.4) is 0 Å². The van der Waals surface area contributed by atoms with Crippen LogP contribution in [0, 0.1) is 0 Å². The number of thiophene rings is 1. The number of hydrogen-bond acceptors (Lipinski definition) is 3. The van der Waals surface area contributed by atoms with E-state index in [0.29, 0.717) is 4.88 Å². The van der Waals surface area contributed by atoms with Crippen molar-refractivity contribution in [3.8, 4) is 5.69 Å². The average molecular weight is 235 g/mol. The SMILES string of the molecule is CCCc1nccn1-c1csc(C(N)=O)c1. The topological polar surface area (TPSA) is 60.9 Å². The van der Waals surface area contributed by atoms with Gasteiger partial charge in [0.25, 0.3) is 5.91 Å². The molecular weight excluding hydrogens is 222 g/mol. The third-order valence-corrected chi connectivity index (χ3v) is 3.23. The maximum atomic E-state index is 11.0. The molecule has 0 bridgehead atoms. The van der Waals surface area contributed by atoms with Crippen molar-refractivity contribution in [2.75, 3.05) is 0 Å². The van der Waals surface area contributed by atoms with Gasteiger partial charge in [0.05, 0.1) is 10.6 Å². The van der Waals surface area contributed by atoms with Gasteiger partial charge in [-0.2, -0.15) is 0 Å². The van der Waals surface area contributed by atoms with E-state index in [1.165, 1.54) is 11.3 Å². The minimum atomic E-state index is -0.381. The number of nitrogens with two attached hydrogens (primary N) is 1. The predicted molar refractivity (Wildman–Crippen MR) is 64.0 cm³/mol. The Morgan fingerprint density at radius 3 is 3.06 bits per heavy atom. The van der Waals surface area contributed by atoms with Gasteiger partial charge in [-0.05, 0) is 12.5 Å². The monoisotopic (exact) mass is 235 g/mol. The zero-order valence-electron chi connectivity index (χ0n) is 9.01. The Morgan fingerprint density at radius 2 is 2.44 bits per heavy atom. The fourth-order valence-corrected chi connectivity index (χ4v) is 2.29. The molecule has 0 saturated carbocycles. The van der Waals surface area contributed by atoms with E-state index in [1.807, 2.05) is 16.1 Å². The number of amides is 1. The number of hydrogen-bond donors (Lipinski definition) is 1. The Balaban J connectivity index is 2.34. The summed E-state index contributed by atoms with van der Waals surface area (Å²) in [5.74, 6) is 0.629. The zero-order valence-corrected chi connectivity index (χ0v) is 9.83. The minimum Gasteiger partial charge on any atom is -0.365 e. The predicted octanol–water partition coefficient (Wildman–Crippen LogP) is 1.99. The highest BCUT2D eigenvalue weighted by molar-refractivity contribution is 7.12. The van der Waals surface area contributed by atoms with E-state index in [4.69, 9.17) is 5.73 Å². The van der Waals surface area contributed by atoms with Crippen molar-refractivity contribution >= 4 is 17.2 Å². The van der Waals surface area contributed by atoms with Crippen molar-refractivity contribution in [2.45, 2.75) is 19.8 Å². The van der Waals surface area contributed by atoms with Crippen LogP contribution in [0.15, 0.2) is 23.8 Å². The highest BCUT2D eigenvalue weighted by Gasteiger charge is 2.09. The molecule has 2 rings (SSSR count). The van der Waals surface area contributed by atoms with Crippen LogP contribution in [-0.2, 0) is 6.42 Å². The molecular formula is C11H13N3OS. The van der Waals surface area contributed by atoms with Crippen molar-refractivity contribution in [2.24, 2.45) is 5.73 Å². The number of carbonyl (C=O) groups is 1. The summed E-state index contributed by atoms with van der Waals surface area (Å²) >= 11 is 1.36. The van der Waals surface area contributed by atoms with E-state index in [0.717, 1.165) is 24.4 Å². The smallest absolute Gasteiger partial charge is 0.258 e. The Kier molecular flexibility index (Phi) is 3.05. The number of aryl methyl sites for hydroxylation is 1. The van der Waals surface area contributed by atoms with Crippen molar-refractivity contribution in [1.82, 2.24) is 9.55 Å². The van der Waals surface area contributed by atoms with Gasteiger partial charge in [0.1, 0.15) is 5.82 Å². The molecule has 2 heterocycles. The fourth-order valence-electron chi connectivity index (χ4n) is 1.56. The van der Waals surface area contributed by atoms with E-state index in [2.05, 4.69) is 11.9 Å². The molecule has 2 N–H and O–H groups in total. The zero-order chi connectivity index (χ0) is 11.5. The van der Waals surface area contributed by atoms with Crippen LogP contribution in [0.5, 0.6) is 0 Å². The molecule has 84 valence electrons. The molecule has 2 aromatic rings. The van der Waals surface area contributed by atoms with Gasteiger partial charge >= 0.3 is 0 Å². The van der Waals surface area contributed by atoms with Crippen LogP contribution in [-0.4, -0.2) is 15.5 Å². The minimum absolute atomic E-state index is 0.381. The van der Waals surface area contributed by atoms with E-state index in [9.17, 15) is 4.79 Å². The van der Waals surface area contributed by atoms with Crippen LogP contribution in [0.25, 0.3) is 5.69 Å². The molecule has 0 spiro atoms. The van der Waals surface area contributed by atoms with E-state index in [1.54, 1.807) is 12.3 Å². The Labute approximate surface area is 97.7 Å². The first-order valence-electron chi connectivity index (χ1n) is 5.13. The van der Waals surface area contributed by atoms with Crippen LogP contribution in [0.1, 0.15) is 28.8 Å². The molecule has 0 aliphatic carbocycles. The van der Waals surface area contributed by atoms with Crippen molar-refractivity contribution in [3.63, 3.8) is 0 Å². The highest BCUT2D eigenvalue weighted by Crippen LogP contribution is 2.19. The molecule has 0 radical (unpaired) electrons. The lowest BCUT2D eigenvalue weighted by Crippen LogP contribution is -2.08. The first-order valence-corrected chi connectivity index (χ1v) is 6.01. The molecule has 0 aromatic carbocycles. The van der Waals surface area contributed by atoms with Gasteiger partial charge in [0, 0.05) is 24.2 Å². The fraction of sp³-hybridized carbons (Fsp3) is 0.273. The summed E-state index contributed by atoms with van der Waals surface area (Å²) in [4.78, 5) is 15.9. The standard InChI is InChI=1S/C11H13N3OS/c1-2-3-10-13-4-5-14(10)8-6-9(11(12)15)16-7-8/h4-7H,2-3H2,1H3,(H2,12,15).